The van der Waals surface area contributed by atoms with Crippen LogP contribution in [0.4, 0.5) is 11.4 Å². The number of hydrogen-bond acceptors (Lipinski definition) is 5. The van der Waals surface area contributed by atoms with Crippen molar-refractivity contribution in [2.24, 2.45) is 0 Å². The molecular formula is C19H22N4O4. The minimum atomic E-state index is -0.511. The van der Waals surface area contributed by atoms with Gasteiger partial charge >= 0.3 is 0 Å². The van der Waals surface area contributed by atoms with Crippen LogP contribution in [0.5, 0.6) is 0 Å². The van der Waals surface area contributed by atoms with Crippen LogP contribution in [-0.2, 0) is 6.54 Å². The number of nitro groups is 1. The van der Waals surface area contributed by atoms with Gasteiger partial charge in [0.15, 0.2) is 0 Å². The van der Waals surface area contributed by atoms with Crippen LogP contribution >= 0.6 is 0 Å². The summed E-state index contributed by atoms with van der Waals surface area (Å²) < 4.78 is 0. The molecule has 2 rings (SSSR count). The third kappa shape index (κ3) is 4.81. The van der Waals surface area contributed by atoms with Crippen molar-refractivity contribution in [3.63, 3.8) is 0 Å². The van der Waals surface area contributed by atoms with Crippen molar-refractivity contribution in [3.05, 3.63) is 69.3 Å². The molecule has 0 atom stereocenters. The van der Waals surface area contributed by atoms with E-state index in [0.717, 1.165) is 5.56 Å². The minimum absolute atomic E-state index is 0.127. The second-order valence-electron chi connectivity index (χ2n) is 6.44. The van der Waals surface area contributed by atoms with E-state index >= 15 is 0 Å². The van der Waals surface area contributed by atoms with E-state index in [-0.39, 0.29) is 23.7 Å². The van der Waals surface area contributed by atoms with Gasteiger partial charge in [0.25, 0.3) is 17.5 Å². The van der Waals surface area contributed by atoms with Gasteiger partial charge in [-0.05, 0) is 29.8 Å². The number of amides is 2. The molecule has 2 amide bonds. The molecule has 2 aromatic rings. The number of nitrogens with one attached hydrogen (secondary N) is 1. The summed E-state index contributed by atoms with van der Waals surface area (Å²) in [4.78, 5) is 38.2. The van der Waals surface area contributed by atoms with Crippen LogP contribution in [0.1, 0.15) is 26.3 Å². The first-order valence-corrected chi connectivity index (χ1v) is 8.25. The van der Waals surface area contributed by atoms with Gasteiger partial charge in [-0.15, -0.1) is 0 Å². The first-order valence-electron chi connectivity index (χ1n) is 8.25. The SMILES string of the molecule is CN(C)C(=O)c1cccc(CNC(=O)c2ccc(N(C)C)c([N+](=O)[O-])c2)c1. The second-order valence-corrected chi connectivity index (χ2v) is 6.44. The molecule has 0 aliphatic heterocycles. The van der Waals surface area contributed by atoms with Crippen LogP contribution in [0.15, 0.2) is 42.5 Å². The van der Waals surface area contributed by atoms with E-state index in [4.69, 9.17) is 0 Å². The molecule has 0 spiro atoms. The van der Waals surface area contributed by atoms with Crippen LogP contribution in [0.25, 0.3) is 0 Å². The van der Waals surface area contributed by atoms with Gasteiger partial charge in [-0.2, -0.15) is 0 Å². The molecule has 1 N–H and O–H groups in total. The number of rotatable bonds is 6. The quantitative estimate of drug-likeness (QED) is 0.622. The van der Waals surface area contributed by atoms with E-state index in [1.165, 1.54) is 11.0 Å². The van der Waals surface area contributed by atoms with Gasteiger partial charge in [0.2, 0.25) is 0 Å². The van der Waals surface area contributed by atoms with Crippen LogP contribution in [0.3, 0.4) is 0 Å². The van der Waals surface area contributed by atoms with Crippen LogP contribution in [-0.4, -0.2) is 49.8 Å². The lowest BCUT2D eigenvalue weighted by molar-refractivity contribution is -0.384. The number of carbonyl (C=O) groups is 2. The molecule has 0 aliphatic carbocycles. The Morgan fingerprint density at radius 1 is 1.04 bits per heavy atom. The van der Waals surface area contributed by atoms with Crippen molar-refractivity contribution < 1.29 is 14.5 Å². The topological polar surface area (TPSA) is 95.8 Å². The maximum atomic E-state index is 12.4. The predicted molar refractivity (Wildman–Crippen MR) is 103 cm³/mol. The van der Waals surface area contributed by atoms with Gasteiger partial charge < -0.3 is 15.1 Å². The fourth-order valence-electron chi connectivity index (χ4n) is 2.55. The third-order valence-electron chi connectivity index (χ3n) is 3.95. The minimum Gasteiger partial charge on any atom is -0.372 e. The van der Waals surface area contributed by atoms with E-state index < -0.39 is 10.8 Å². The van der Waals surface area contributed by atoms with E-state index in [0.29, 0.717) is 11.3 Å². The number of benzene rings is 2. The van der Waals surface area contributed by atoms with E-state index in [1.807, 2.05) is 0 Å². The molecule has 0 unspecified atom stereocenters. The third-order valence-corrected chi connectivity index (χ3v) is 3.95. The van der Waals surface area contributed by atoms with Gasteiger partial charge in [-0.25, -0.2) is 0 Å². The lowest BCUT2D eigenvalue weighted by Gasteiger charge is -2.14. The molecule has 0 heterocycles. The van der Waals surface area contributed by atoms with E-state index in [2.05, 4.69) is 5.32 Å². The average Bonchev–Trinajstić information content (AvgIpc) is 2.64. The van der Waals surface area contributed by atoms with Crippen molar-refractivity contribution in [3.8, 4) is 0 Å². The average molecular weight is 370 g/mol. The molecule has 8 nitrogen and oxygen atoms in total. The van der Waals surface area contributed by atoms with Gasteiger partial charge in [0, 0.05) is 51.9 Å². The molecule has 0 aromatic heterocycles. The van der Waals surface area contributed by atoms with Crippen LogP contribution in [0, 0.1) is 10.1 Å². The van der Waals surface area contributed by atoms with Crippen molar-refractivity contribution >= 4 is 23.2 Å². The molecule has 2 aromatic carbocycles. The van der Waals surface area contributed by atoms with Crippen LogP contribution in [0.2, 0.25) is 0 Å². The Balaban J connectivity index is 2.14. The number of carbonyl (C=O) groups excluding carboxylic acids is 2. The highest BCUT2D eigenvalue weighted by Crippen LogP contribution is 2.27. The van der Waals surface area contributed by atoms with Crippen molar-refractivity contribution in [2.75, 3.05) is 33.1 Å². The smallest absolute Gasteiger partial charge is 0.293 e. The summed E-state index contributed by atoms with van der Waals surface area (Å²) in [6, 6.07) is 11.3. The molecule has 0 bridgehead atoms. The van der Waals surface area contributed by atoms with Gasteiger partial charge in [0.05, 0.1) is 4.92 Å². The molecular weight excluding hydrogens is 348 g/mol. The zero-order chi connectivity index (χ0) is 20.1. The van der Waals surface area contributed by atoms with Crippen LogP contribution < -0.4 is 10.2 Å². The highest BCUT2D eigenvalue weighted by molar-refractivity contribution is 5.96. The monoisotopic (exact) mass is 370 g/mol. The Kier molecular flexibility index (Phi) is 6.12. The van der Waals surface area contributed by atoms with Crippen molar-refractivity contribution in [1.29, 1.82) is 0 Å². The Hall–Kier alpha value is -3.42. The van der Waals surface area contributed by atoms with Crippen molar-refractivity contribution in [1.82, 2.24) is 10.2 Å². The Bertz CT molecular complexity index is 878. The summed E-state index contributed by atoms with van der Waals surface area (Å²) in [7, 11) is 6.73. The van der Waals surface area contributed by atoms with Gasteiger partial charge in [-0.3, -0.25) is 19.7 Å². The van der Waals surface area contributed by atoms with E-state index in [9.17, 15) is 19.7 Å². The molecule has 27 heavy (non-hydrogen) atoms. The Labute approximate surface area is 157 Å². The fraction of sp³-hybridized carbons (Fsp3) is 0.263. The lowest BCUT2D eigenvalue weighted by atomic mass is 10.1. The molecule has 0 aliphatic rings. The standard InChI is InChI=1S/C19H22N4O4/c1-21(2)16-9-8-14(11-17(16)23(26)27)18(24)20-12-13-6-5-7-15(10-13)19(25)22(3)4/h5-11H,12H2,1-4H3,(H,20,24). The first-order chi connectivity index (χ1) is 12.7. The molecule has 0 saturated heterocycles. The normalized spacial score (nSPS) is 10.2. The van der Waals surface area contributed by atoms with Gasteiger partial charge in [-0.1, -0.05) is 12.1 Å². The Morgan fingerprint density at radius 3 is 2.33 bits per heavy atom. The second kappa shape index (κ2) is 8.31. The fourth-order valence-corrected chi connectivity index (χ4v) is 2.55. The number of hydrogen-bond donors (Lipinski definition) is 1. The maximum Gasteiger partial charge on any atom is 0.293 e. The zero-order valence-electron chi connectivity index (χ0n) is 15.7. The molecule has 142 valence electrons. The summed E-state index contributed by atoms with van der Waals surface area (Å²) in [6.07, 6.45) is 0. The summed E-state index contributed by atoms with van der Waals surface area (Å²) in [5, 5.41) is 14.0. The molecule has 8 heteroatoms. The van der Waals surface area contributed by atoms with Crippen molar-refractivity contribution in [2.45, 2.75) is 6.54 Å². The number of anilines is 1. The first kappa shape index (κ1) is 19.9. The molecule has 0 radical (unpaired) electrons. The molecule has 0 saturated carbocycles. The highest BCUT2D eigenvalue weighted by atomic mass is 16.6. The molecule has 0 fully saturated rings. The summed E-state index contributed by atoms with van der Waals surface area (Å²) in [6.45, 7) is 0.205. The summed E-state index contributed by atoms with van der Waals surface area (Å²) >= 11 is 0. The predicted octanol–water partition coefficient (Wildman–Crippen LogP) is 2.29. The highest BCUT2D eigenvalue weighted by Gasteiger charge is 2.18. The number of nitro benzene ring substituents is 1. The maximum absolute atomic E-state index is 12.4. The van der Waals surface area contributed by atoms with Gasteiger partial charge in [0.1, 0.15) is 5.69 Å². The summed E-state index contributed by atoms with van der Waals surface area (Å²) in [5.41, 5.74) is 1.78. The lowest BCUT2D eigenvalue weighted by Crippen LogP contribution is -2.24. The zero-order valence-corrected chi connectivity index (χ0v) is 15.7. The number of nitrogens with zero attached hydrogens (tertiary/aromatic N) is 3. The summed E-state index contributed by atoms with van der Waals surface area (Å²) in [5.74, 6) is -0.550. The van der Waals surface area contributed by atoms with E-state index in [1.54, 1.807) is 69.5 Å². The Morgan fingerprint density at radius 2 is 1.74 bits per heavy atom. The largest absolute Gasteiger partial charge is 0.372 e.